The Kier molecular flexibility index (Phi) is 4.87. The van der Waals surface area contributed by atoms with Gasteiger partial charge < -0.3 is 15.2 Å². The van der Waals surface area contributed by atoms with Gasteiger partial charge in [-0.15, -0.1) is 0 Å². The van der Waals surface area contributed by atoms with Crippen molar-refractivity contribution in [1.29, 1.82) is 0 Å². The number of aliphatic hydroxyl groups excluding tert-OH is 1. The fraction of sp³-hybridized carbons (Fsp3) is 0.889. The van der Waals surface area contributed by atoms with E-state index in [0.29, 0.717) is 0 Å². The first-order valence-electron chi connectivity index (χ1n) is 8.45. The number of hydrogen-bond donors (Lipinski definition) is 2. The van der Waals surface area contributed by atoms with Gasteiger partial charge in [0.25, 0.3) is 0 Å². The molecule has 21 heavy (non-hydrogen) atoms. The van der Waals surface area contributed by atoms with Crippen molar-refractivity contribution in [1.82, 2.24) is 5.32 Å². The van der Waals surface area contributed by atoms with Gasteiger partial charge in [0.15, 0.2) is 0 Å². The van der Waals surface area contributed by atoms with E-state index in [0.717, 1.165) is 45.2 Å². The van der Waals surface area contributed by atoms with Crippen molar-refractivity contribution in [2.24, 2.45) is 5.41 Å². The summed E-state index contributed by atoms with van der Waals surface area (Å²) in [6.45, 7) is 13.2. The van der Waals surface area contributed by atoms with E-state index >= 15 is 0 Å². The molecule has 0 spiro atoms. The molecule has 0 aromatic carbocycles. The summed E-state index contributed by atoms with van der Waals surface area (Å²) < 4.78 is 6.81. The molecule has 2 N–H and O–H groups in total. The maximum atomic E-state index is 9.88. The van der Waals surface area contributed by atoms with Crippen LogP contribution in [0.2, 0.25) is 0 Å². The molecule has 0 aromatic rings. The van der Waals surface area contributed by atoms with Gasteiger partial charge in [-0.3, -0.25) is 0 Å². The highest BCUT2D eigenvalue weighted by molar-refractivity contribution is 5.19. The maximum Gasteiger partial charge on any atom is 0.0844 e. The van der Waals surface area contributed by atoms with Crippen LogP contribution in [0.25, 0.3) is 0 Å². The van der Waals surface area contributed by atoms with Crippen LogP contribution in [-0.4, -0.2) is 35.5 Å². The zero-order valence-electron chi connectivity index (χ0n) is 14.5. The Bertz CT molecular complexity index is 385. The molecule has 1 saturated carbocycles. The third-order valence-corrected chi connectivity index (χ3v) is 5.42. The van der Waals surface area contributed by atoms with Gasteiger partial charge in [-0.05, 0) is 63.5 Å². The molecule has 1 heterocycles. The molecule has 0 saturated heterocycles. The van der Waals surface area contributed by atoms with E-state index in [1.54, 1.807) is 0 Å². The second-order valence-corrected chi connectivity index (χ2v) is 8.27. The van der Waals surface area contributed by atoms with Crippen LogP contribution in [-0.2, 0) is 4.74 Å². The SMILES string of the molecule is CC(C)(OC1(C(C)(C)C)CCC(O)CC1)C1=CCNCC1. The summed E-state index contributed by atoms with van der Waals surface area (Å²) in [4.78, 5) is 0. The Morgan fingerprint density at radius 3 is 2.29 bits per heavy atom. The largest absolute Gasteiger partial charge is 0.393 e. The van der Waals surface area contributed by atoms with E-state index < -0.39 is 0 Å². The third-order valence-electron chi connectivity index (χ3n) is 5.42. The van der Waals surface area contributed by atoms with Crippen LogP contribution in [0.1, 0.15) is 66.7 Å². The van der Waals surface area contributed by atoms with Gasteiger partial charge in [-0.1, -0.05) is 26.8 Å². The van der Waals surface area contributed by atoms with Crippen LogP contribution in [0.3, 0.4) is 0 Å². The highest BCUT2D eigenvalue weighted by Gasteiger charge is 2.48. The molecule has 2 aliphatic rings. The van der Waals surface area contributed by atoms with E-state index in [2.05, 4.69) is 46.0 Å². The predicted molar refractivity (Wildman–Crippen MR) is 87.4 cm³/mol. The fourth-order valence-corrected chi connectivity index (χ4v) is 3.80. The molecule has 0 atom stereocenters. The second-order valence-electron chi connectivity index (χ2n) is 8.27. The molecule has 2 rings (SSSR count). The van der Waals surface area contributed by atoms with Gasteiger partial charge in [-0.2, -0.15) is 0 Å². The van der Waals surface area contributed by atoms with Crippen molar-refractivity contribution in [2.75, 3.05) is 13.1 Å². The molecule has 3 heteroatoms. The summed E-state index contributed by atoms with van der Waals surface area (Å²) in [5, 5.41) is 13.2. The lowest BCUT2D eigenvalue weighted by Gasteiger charge is -2.52. The summed E-state index contributed by atoms with van der Waals surface area (Å²) >= 11 is 0. The first-order chi connectivity index (χ1) is 9.66. The minimum absolute atomic E-state index is 0.0812. The monoisotopic (exact) mass is 295 g/mol. The molecule has 0 unspecified atom stereocenters. The number of rotatable bonds is 3. The van der Waals surface area contributed by atoms with Crippen LogP contribution in [0, 0.1) is 5.41 Å². The predicted octanol–water partition coefficient (Wildman–Crippen LogP) is 3.42. The minimum atomic E-state index is -0.225. The Balaban J connectivity index is 2.20. The standard InChI is InChI=1S/C18H33NO2/c1-16(2,3)18(10-6-15(20)7-11-18)21-17(4,5)14-8-12-19-13-9-14/h8,15,19-20H,6-7,9-13H2,1-5H3. The van der Waals surface area contributed by atoms with Crippen molar-refractivity contribution in [3.05, 3.63) is 11.6 Å². The highest BCUT2D eigenvalue weighted by atomic mass is 16.5. The third kappa shape index (κ3) is 3.69. The molecule has 1 aliphatic heterocycles. The first-order valence-corrected chi connectivity index (χ1v) is 8.45. The van der Waals surface area contributed by atoms with E-state index in [1.165, 1.54) is 5.57 Å². The molecule has 122 valence electrons. The highest BCUT2D eigenvalue weighted by Crippen LogP contribution is 2.48. The molecule has 3 nitrogen and oxygen atoms in total. The maximum absolute atomic E-state index is 9.88. The number of aliphatic hydroxyl groups is 1. The van der Waals surface area contributed by atoms with Crippen molar-refractivity contribution < 1.29 is 9.84 Å². The Morgan fingerprint density at radius 2 is 1.81 bits per heavy atom. The van der Waals surface area contributed by atoms with E-state index in [-0.39, 0.29) is 22.7 Å². The van der Waals surface area contributed by atoms with Crippen molar-refractivity contribution in [3.8, 4) is 0 Å². The van der Waals surface area contributed by atoms with Gasteiger partial charge in [0.2, 0.25) is 0 Å². The van der Waals surface area contributed by atoms with E-state index in [1.807, 2.05) is 0 Å². The molecular weight excluding hydrogens is 262 g/mol. The summed E-state index contributed by atoms with van der Waals surface area (Å²) in [5.74, 6) is 0. The van der Waals surface area contributed by atoms with Crippen LogP contribution in [0.15, 0.2) is 11.6 Å². The molecule has 0 bridgehead atoms. The molecule has 0 amide bonds. The molecule has 1 fully saturated rings. The van der Waals surface area contributed by atoms with Gasteiger partial charge in [0.1, 0.15) is 0 Å². The Morgan fingerprint density at radius 1 is 1.19 bits per heavy atom. The summed E-state index contributed by atoms with van der Waals surface area (Å²) in [7, 11) is 0. The normalized spacial score (nSPS) is 31.9. The lowest BCUT2D eigenvalue weighted by atomic mass is 9.67. The second kappa shape index (κ2) is 6.02. The van der Waals surface area contributed by atoms with E-state index in [4.69, 9.17) is 4.74 Å². The van der Waals surface area contributed by atoms with Crippen molar-refractivity contribution in [2.45, 2.75) is 84.0 Å². The quantitative estimate of drug-likeness (QED) is 0.784. The number of nitrogens with one attached hydrogen (secondary N) is 1. The first kappa shape index (κ1) is 17.0. The van der Waals surface area contributed by atoms with Gasteiger partial charge in [0, 0.05) is 6.54 Å². The average molecular weight is 295 g/mol. The minimum Gasteiger partial charge on any atom is -0.393 e. The summed E-state index contributed by atoms with van der Waals surface area (Å²) in [5.41, 5.74) is 1.13. The van der Waals surface area contributed by atoms with Gasteiger partial charge in [0.05, 0.1) is 17.3 Å². The van der Waals surface area contributed by atoms with Crippen LogP contribution in [0.5, 0.6) is 0 Å². The zero-order valence-corrected chi connectivity index (χ0v) is 14.5. The summed E-state index contributed by atoms with van der Waals surface area (Å²) in [6.07, 6.45) is 6.82. The van der Waals surface area contributed by atoms with Gasteiger partial charge in [-0.25, -0.2) is 0 Å². The zero-order chi connectivity index (χ0) is 15.7. The average Bonchev–Trinajstić information content (AvgIpc) is 2.41. The topological polar surface area (TPSA) is 41.5 Å². The van der Waals surface area contributed by atoms with Crippen LogP contribution >= 0.6 is 0 Å². The van der Waals surface area contributed by atoms with E-state index in [9.17, 15) is 5.11 Å². The smallest absolute Gasteiger partial charge is 0.0844 e. The van der Waals surface area contributed by atoms with Crippen LogP contribution in [0.4, 0.5) is 0 Å². The number of ether oxygens (including phenoxy) is 1. The molecule has 0 aromatic heterocycles. The van der Waals surface area contributed by atoms with Crippen molar-refractivity contribution in [3.63, 3.8) is 0 Å². The molecule has 0 radical (unpaired) electrons. The fourth-order valence-electron chi connectivity index (χ4n) is 3.80. The lowest BCUT2D eigenvalue weighted by molar-refractivity contribution is -0.200. The van der Waals surface area contributed by atoms with Crippen LogP contribution < -0.4 is 5.32 Å². The number of hydrogen-bond acceptors (Lipinski definition) is 3. The summed E-state index contributed by atoms with van der Waals surface area (Å²) in [6, 6.07) is 0. The molecule has 1 aliphatic carbocycles. The Hall–Kier alpha value is -0.380. The van der Waals surface area contributed by atoms with Gasteiger partial charge >= 0.3 is 0 Å². The molecular formula is C18H33NO2. The van der Waals surface area contributed by atoms with Crippen molar-refractivity contribution >= 4 is 0 Å². The lowest BCUT2D eigenvalue weighted by Crippen LogP contribution is -2.54. The Labute approximate surface area is 130 Å².